The van der Waals surface area contributed by atoms with Crippen molar-refractivity contribution in [2.45, 2.75) is 33.0 Å². The molecule has 0 aliphatic heterocycles. The van der Waals surface area contributed by atoms with E-state index in [1.165, 1.54) is 12.6 Å². The smallest absolute Gasteiger partial charge is 0.274 e. The number of amides is 1. The predicted molar refractivity (Wildman–Crippen MR) is 114 cm³/mol. The number of ether oxygens (including phenoxy) is 1. The molecular formula is C22H23N5O4. The van der Waals surface area contributed by atoms with Crippen LogP contribution in [0.2, 0.25) is 0 Å². The van der Waals surface area contributed by atoms with Crippen molar-refractivity contribution in [3.63, 3.8) is 0 Å². The molecule has 0 spiro atoms. The number of aliphatic hydroxyl groups is 1. The van der Waals surface area contributed by atoms with E-state index in [1.54, 1.807) is 30.5 Å². The lowest BCUT2D eigenvalue weighted by atomic mass is 10.1. The van der Waals surface area contributed by atoms with Gasteiger partial charge in [0.2, 0.25) is 12.2 Å². The van der Waals surface area contributed by atoms with Crippen molar-refractivity contribution in [3.8, 4) is 11.4 Å². The summed E-state index contributed by atoms with van der Waals surface area (Å²) in [5.74, 6) is 0.163. The predicted octanol–water partition coefficient (Wildman–Crippen LogP) is 3.23. The van der Waals surface area contributed by atoms with Crippen molar-refractivity contribution in [1.82, 2.24) is 19.5 Å². The number of anilines is 1. The number of imidazole rings is 1. The molecule has 4 rings (SSSR count). The van der Waals surface area contributed by atoms with Crippen molar-refractivity contribution in [2.24, 2.45) is 0 Å². The number of hydrogen-bond acceptors (Lipinski definition) is 7. The van der Waals surface area contributed by atoms with Gasteiger partial charge in [-0.3, -0.25) is 9.20 Å². The number of aromatic nitrogens is 4. The van der Waals surface area contributed by atoms with E-state index in [4.69, 9.17) is 9.26 Å². The molecule has 0 radical (unpaired) electrons. The van der Waals surface area contributed by atoms with Crippen LogP contribution in [0, 0.1) is 6.92 Å². The van der Waals surface area contributed by atoms with Gasteiger partial charge in [0.1, 0.15) is 11.3 Å². The van der Waals surface area contributed by atoms with Crippen LogP contribution >= 0.6 is 0 Å². The minimum atomic E-state index is -0.887. The summed E-state index contributed by atoms with van der Waals surface area (Å²) in [5.41, 5.74) is 3.35. The van der Waals surface area contributed by atoms with Crippen LogP contribution in [0.3, 0.4) is 0 Å². The molecule has 0 aliphatic carbocycles. The van der Waals surface area contributed by atoms with Gasteiger partial charge in [0.15, 0.2) is 0 Å². The van der Waals surface area contributed by atoms with Crippen molar-refractivity contribution >= 4 is 17.2 Å². The topological polar surface area (TPSA) is 115 Å². The zero-order valence-electron chi connectivity index (χ0n) is 17.5. The quantitative estimate of drug-likeness (QED) is 0.471. The van der Waals surface area contributed by atoms with E-state index >= 15 is 0 Å². The Hall–Kier alpha value is -3.56. The molecule has 9 nitrogen and oxygen atoms in total. The van der Waals surface area contributed by atoms with Gasteiger partial charge in [-0.15, -0.1) is 0 Å². The largest absolute Gasteiger partial charge is 0.388 e. The second kappa shape index (κ2) is 8.29. The maximum atomic E-state index is 12.9. The molecule has 1 aromatic carbocycles. The van der Waals surface area contributed by atoms with E-state index in [1.807, 2.05) is 31.2 Å². The van der Waals surface area contributed by atoms with Crippen LogP contribution in [0.1, 0.15) is 35.5 Å². The Labute approximate surface area is 178 Å². The second-order valence-corrected chi connectivity index (χ2v) is 7.95. The van der Waals surface area contributed by atoms with Gasteiger partial charge in [0, 0.05) is 17.4 Å². The maximum Gasteiger partial charge on any atom is 0.274 e. The summed E-state index contributed by atoms with van der Waals surface area (Å²) in [5, 5.41) is 16.5. The number of benzene rings is 1. The molecule has 0 atom stereocenters. The fourth-order valence-electron chi connectivity index (χ4n) is 3.08. The van der Waals surface area contributed by atoms with Gasteiger partial charge >= 0.3 is 0 Å². The monoisotopic (exact) mass is 421 g/mol. The highest BCUT2D eigenvalue weighted by Crippen LogP contribution is 2.24. The van der Waals surface area contributed by atoms with E-state index in [0.29, 0.717) is 29.5 Å². The molecule has 0 aliphatic rings. The van der Waals surface area contributed by atoms with Crippen molar-refractivity contribution in [2.75, 3.05) is 11.9 Å². The molecule has 0 unspecified atom stereocenters. The Morgan fingerprint density at radius 1 is 1.26 bits per heavy atom. The fraction of sp³-hybridized carbons (Fsp3) is 0.273. The van der Waals surface area contributed by atoms with E-state index < -0.39 is 5.60 Å². The lowest BCUT2D eigenvalue weighted by molar-refractivity contribution is -0.0268. The minimum Gasteiger partial charge on any atom is -0.388 e. The summed E-state index contributed by atoms with van der Waals surface area (Å²) in [4.78, 5) is 21.3. The molecule has 0 saturated carbocycles. The van der Waals surface area contributed by atoms with Gasteiger partial charge in [-0.2, -0.15) is 4.98 Å². The van der Waals surface area contributed by atoms with Gasteiger partial charge in [0.05, 0.1) is 25.0 Å². The highest BCUT2D eigenvalue weighted by molar-refractivity contribution is 6.04. The third-order valence-corrected chi connectivity index (χ3v) is 4.64. The number of nitrogens with zero attached hydrogens (tertiary/aromatic N) is 4. The van der Waals surface area contributed by atoms with Crippen LogP contribution in [-0.4, -0.2) is 42.7 Å². The number of aryl methyl sites for hydroxylation is 1. The summed E-state index contributed by atoms with van der Waals surface area (Å²) in [6.07, 6.45) is 4.57. The summed E-state index contributed by atoms with van der Waals surface area (Å²) in [6, 6.07) is 9.27. The van der Waals surface area contributed by atoms with Gasteiger partial charge in [-0.1, -0.05) is 17.3 Å². The highest BCUT2D eigenvalue weighted by Gasteiger charge is 2.16. The molecule has 3 heterocycles. The van der Waals surface area contributed by atoms with E-state index in [9.17, 15) is 9.90 Å². The minimum absolute atomic E-state index is 0.225. The average molecular weight is 421 g/mol. The number of nitrogens with one attached hydrogen (secondary N) is 1. The Morgan fingerprint density at radius 3 is 2.84 bits per heavy atom. The maximum absolute atomic E-state index is 12.9. The third kappa shape index (κ3) is 4.79. The Morgan fingerprint density at radius 2 is 2.10 bits per heavy atom. The van der Waals surface area contributed by atoms with Crippen LogP contribution in [0.15, 0.2) is 53.6 Å². The Bertz CT molecular complexity index is 1210. The number of fused-ring (bicyclic) bond motifs is 1. The summed E-state index contributed by atoms with van der Waals surface area (Å²) in [6.45, 7) is 5.86. The molecule has 2 N–H and O–H groups in total. The van der Waals surface area contributed by atoms with Gasteiger partial charge in [0.25, 0.3) is 5.91 Å². The van der Waals surface area contributed by atoms with Crippen LogP contribution in [-0.2, 0) is 11.3 Å². The first-order chi connectivity index (χ1) is 14.8. The second-order valence-electron chi connectivity index (χ2n) is 7.95. The molecule has 31 heavy (non-hydrogen) atoms. The number of carbonyl (C=O) groups is 1. The van der Waals surface area contributed by atoms with Crippen LogP contribution in [0.25, 0.3) is 17.0 Å². The Balaban J connectivity index is 1.51. The van der Waals surface area contributed by atoms with Crippen molar-refractivity contribution < 1.29 is 19.2 Å². The first-order valence-corrected chi connectivity index (χ1v) is 9.75. The van der Waals surface area contributed by atoms with Gasteiger partial charge in [-0.05, 0) is 50.1 Å². The Kier molecular flexibility index (Phi) is 5.53. The molecule has 4 aromatic rings. The van der Waals surface area contributed by atoms with Crippen molar-refractivity contribution in [3.05, 3.63) is 65.9 Å². The lowest BCUT2D eigenvalue weighted by Gasteiger charge is -2.16. The molecule has 9 heteroatoms. The first kappa shape index (κ1) is 20.7. The standard InChI is InChI=1S/C22H23N5O4/c1-14-4-5-16(20-24-13-31-26-20)9-17(14)25-21(28)18-10-23-19-8-15(6-7-27(18)19)11-30-12-22(2,3)29/h4-10,13,29H,11-12H2,1-3H3,(H,25,28). The van der Waals surface area contributed by atoms with E-state index in [2.05, 4.69) is 20.4 Å². The first-order valence-electron chi connectivity index (χ1n) is 9.75. The molecule has 160 valence electrons. The van der Waals surface area contributed by atoms with Crippen LogP contribution < -0.4 is 5.32 Å². The van der Waals surface area contributed by atoms with Crippen molar-refractivity contribution in [1.29, 1.82) is 0 Å². The lowest BCUT2D eigenvalue weighted by Crippen LogP contribution is -2.25. The van der Waals surface area contributed by atoms with Gasteiger partial charge < -0.3 is 19.7 Å². The fourth-order valence-corrected chi connectivity index (χ4v) is 3.08. The SMILES string of the molecule is Cc1ccc(-c2ncon2)cc1NC(=O)c1cnc2cc(COCC(C)(C)O)ccn12. The number of carbonyl (C=O) groups excluding carboxylic acids is 1. The van der Waals surface area contributed by atoms with E-state index in [-0.39, 0.29) is 12.5 Å². The number of pyridine rings is 1. The molecular weight excluding hydrogens is 398 g/mol. The van der Waals surface area contributed by atoms with Gasteiger partial charge in [-0.25, -0.2) is 4.98 Å². The zero-order valence-corrected chi connectivity index (χ0v) is 17.5. The molecule has 0 bridgehead atoms. The molecule has 1 amide bonds. The van der Waals surface area contributed by atoms with E-state index in [0.717, 1.165) is 16.7 Å². The summed E-state index contributed by atoms with van der Waals surface area (Å²) >= 11 is 0. The summed E-state index contributed by atoms with van der Waals surface area (Å²) in [7, 11) is 0. The molecule has 0 fully saturated rings. The third-order valence-electron chi connectivity index (χ3n) is 4.64. The zero-order chi connectivity index (χ0) is 22.0. The molecule has 3 aromatic heterocycles. The normalized spacial score (nSPS) is 11.7. The van der Waals surface area contributed by atoms with Crippen LogP contribution in [0.5, 0.6) is 0 Å². The van der Waals surface area contributed by atoms with Crippen LogP contribution in [0.4, 0.5) is 5.69 Å². The number of rotatable bonds is 7. The number of hydrogen-bond donors (Lipinski definition) is 2. The average Bonchev–Trinajstić information content (AvgIpc) is 3.38. The summed E-state index contributed by atoms with van der Waals surface area (Å²) < 4.78 is 12.1. The molecule has 0 saturated heterocycles. The highest BCUT2D eigenvalue weighted by atomic mass is 16.5.